The van der Waals surface area contributed by atoms with Crippen molar-refractivity contribution in [2.75, 3.05) is 13.4 Å². The molecular weight excluding hydrogens is 317 g/mol. The van der Waals surface area contributed by atoms with Gasteiger partial charge in [0.25, 0.3) is 0 Å². The van der Waals surface area contributed by atoms with E-state index in [0.29, 0.717) is 4.47 Å². The van der Waals surface area contributed by atoms with Crippen molar-refractivity contribution >= 4 is 26.0 Å². The number of hydrogen-bond acceptors (Lipinski definition) is 4. The molecule has 0 aliphatic rings. The molecule has 0 aliphatic heterocycles. The molecule has 1 aromatic rings. The van der Waals surface area contributed by atoms with Crippen LogP contribution in [0.15, 0.2) is 16.6 Å². The van der Waals surface area contributed by atoms with Crippen molar-refractivity contribution in [3.05, 3.63) is 28.0 Å². The number of aliphatic hydroxyl groups is 1. The molecule has 5 nitrogen and oxygen atoms in total. The molecule has 8 heteroatoms. The molecule has 1 rings (SSSR count). The zero-order chi connectivity index (χ0) is 13.2. The maximum Gasteiger partial charge on any atom is 0.211 e. The molecule has 0 saturated carbocycles. The van der Waals surface area contributed by atoms with Crippen LogP contribution in [0.3, 0.4) is 0 Å². The van der Waals surface area contributed by atoms with Crippen molar-refractivity contribution in [3.63, 3.8) is 0 Å². The highest BCUT2D eigenvalue weighted by Crippen LogP contribution is 2.30. The average molecular weight is 328 g/mol. The van der Waals surface area contributed by atoms with Gasteiger partial charge in [0.15, 0.2) is 0 Å². The third-order valence-corrected chi connectivity index (χ3v) is 3.16. The topological polar surface area (TPSA) is 75.6 Å². The smallest absolute Gasteiger partial charge is 0.211 e. The number of aliphatic hydroxyl groups excluding tert-OH is 1. The average Bonchev–Trinajstić information content (AvgIpc) is 2.14. The van der Waals surface area contributed by atoms with E-state index in [-0.39, 0.29) is 11.3 Å². The van der Waals surface area contributed by atoms with E-state index in [1.165, 1.54) is 13.2 Å². The SMILES string of the molecule is COc1cc(C(O)NS(C)(=O)=O)c(F)cc1Br. The van der Waals surface area contributed by atoms with Gasteiger partial charge >= 0.3 is 0 Å². The van der Waals surface area contributed by atoms with E-state index in [4.69, 9.17) is 4.74 Å². The molecule has 0 fully saturated rings. The zero-order valence-electron chi connectivity index (χ0n) is 9.07. The van der Waals surface area contributed by atoms with Crippen LogP contribution in [-0.2, 0) is 10.0 Å². The fraction of sp³-hybridized carbons (Fsp3) is 0.333. The normalized spacial score (nSPS) is 13.5. The number of benzene rings is 1. The Bertz CT molecular complexity index is 520. The van der Waals surface area contributed by atoms with E-state index in [0.717, 1.165) is 12.3 Å². The lowest BCUT2D eigenvalue weighted by Gasteiger charge is -2.14. The van der Waals surface area contributed by atoms with E-state index in [9.17, 15) is 17.9 Å². The lowest BCUT2D eigenvalue weighted by molar-refractivity contribution is 0.161. The first-order valence-corrected chi connectivity index (χ1v) is 7.11. The number of ether oxygens (including phenoxy) is 1. The van der Waals surface area contributed by atoms with Crippen LogP contribution >= 0.6 is 15.9 Å². The standard InChI is InChI=1S/C9H11BrFNO4S/c1-16-8-3-5(7(11)4-6(8)10)9(13)12-17(2,14)15/h3-4,9,12-13H,1-2H3. The number of rotatable bonds is 4. The van der Waals surface area contributed by atoms with Crippen LogP contribution in [0.25, 0.3) is 0 Å². The molecule has 1 unspecified atom stereocenters. The molecule has 1 aromatic carbocycles. The molecule has 0 amide bonds. The minimum absolute atomic E-state index is 0.213. The predicted molar refractivity (Wildman–Crippen MR) is 63.6 cm³/mol. The number of sulfonamides is 1. The summed E-state index contributed by atoms with van der Waals surface area (Å²) >= 11 is 3.07. The van der Waals surface area contributed by atoms with Crippen LogP contribution in [0.4, 0.5) is 4.39 Å². The Balaban J connectivity index is 3.13. The monoisotopic (exact) mass is 327 g/mol. The summed E-state index contributed by atoms with van der Waals surface area (Å²) in [6.45, 7) is 0. The summed E-state index contributed by atoms with van der Waals surface area (Å²) in [5.74, 6) is -0.461. The van der Waals surface area contributed by atoms with Crippen LogP contribution < -0.4 is 9.46 Å². The second-order valence-electron chi connectivity index (χ2n) is 3.30. The number of methoxy groups -OCH3 is 1. The summed E-state index contributed by atoms with van der Waals surface area (Å²) < 4.78 is 42.5. The fourth-order valence-corrected chi connectivity index (χ4v) is 2.19. The number of nitrogens with one attached hydrogen (secondary N) is 1. The molecule has 0 aromatic heterocycles. The Labute approximate surface area is 107 Å². The van der Waals surface area contributed by atoms with E-state index >= 15 is 0 Å². The molecule has 0 aliphatic carbocycles. The summed E-state index contributed by atoms with van der Waals surface area (Å²) in [5.41, 5.74) is -0.213. The minimum Gasteiger partial charge on any atom is -0.496 e. The quantitative estimate of drug-likeness (QED) is 0.813. The number of halogens is 2. The van der Waals surface area contributed by atoms with Crippen LogP contribution in [0.2, 0.25) is 0 Å². The van der Waals surface area contributed by atoms with Crippen molar-refractivity contribution in [2.24, 2.45) is 0 Å². The van der Waals surface area contributed by atoms with Gasteiger partial charge in [0, 0.05) is 5.56 Å². The predicted octanol–water partition coefficient (Wildman–Crippen LogP) is 1.14. The first-order valence-electron chi connectivity index (χ1n) is 4.43. The second-order valence-corrected chi connectivity index (χ2v) is 5.94. The van der Waals surface area contributed by atoms with Gasteiger partial charge in [-0.3, -0.25) is 0 Å². The molecule has 0 saturated heterocycles. The Kier molecular flexibility index (Phi) is 4.48. The van der Waals surface area contributed by atoms with Gasteiger partial charge in [-0.1, -0.05) is 0 Å². The molecule has 2 N–H and O–H groups in total. The van der Waals surface area contributed by atoms with Gasteiger partial charge in [-0.15, -0.1) is 0 Å². The van der Waals surface area contributed by atoms with E-state index < -0.39 is 22.1 Å². The molecule has 96 valence electrons. The molecule has 0 bridgehead atoms. The van der Waals surface area contributed by atoms with Crippen LogP contribution in [-0.4, -0.2) is 26.9 Å². The van der Waals surface area contributed by atoms with Gasteiger partial charge in [-0.05, 0) is 28.1 Å². The van der Waals surface area contributed by atoms with Gasteiger partial charge in [-0.25, -0.2) is 12.8 Å². The second kappa shape index (κ2) is 5.30. The molecular formula is C9H11BrFNO4S. The molecule has 1 atom stereocenters. The summed E-state index contributed by atoms with van der Waals surface area (Å²) in [6, 6.07) is 2.30. The van der Waals surface area contributed by atoms with Gasteiger partial charge in [0.1, 0.15) is 17.8 Å². The number of hydrogen-bond donors (Lipinski definition) is 2. The van der Waals surface area contributed by atoms with E-state index in [1.807, 2.05) is 4.72 Å². The maximum atomic E-state index is 13.5. The van der Waals surface area contributed by atoms with Gasteiger partial charge in [0.2, 0.25) is 10.0 Å². The van der Waals surface area contributed by atoms with Crippen molar-refractivity contribution in [2.45, 2.75) is 6.23 Å². The summed E-state index contributed by atoms with van der Waals surface area (Å²) in [6.07, 6.45) is -0.795. The highest BCUT2D eigenvalue weighted by molar-refractivity contribution is 9.10. The van der Waals surface area contributed by atoms with Crippen molar-refractivity contribution < 1.29 is 22.7 Å². The van der Waals surface area contributed by atoms with Gasteiger partial charge in [0.05, 0.1) is 17.8 Å². The lowest BCUT2D eigenvalue weighted by atomic mass is 10.2. The van der Waals surface area contributed by atoms with Crippen LogP contribution in [0.1, 0.15) is 11.8 Å². The Morgan fingerprint density at radius 2 is 2.12 bits per heavy atom. The Morgan fingerprint density at radius 1 is 1.53 bits per heavy atom. The highest BCUT2D eigenvalue weighted by atomic mass is 79.9. The van der Waals surface area contributed by atoms with Gasteiger partial charge < -0.3 is 9.84 Å². The largest absolute Gasteiger partial charge is 0.496 e. The summed E-state index contributed by atoms with van der Waals surface area (Å²) in [5, 5.41) is 9.55. The Morgan fingerprint density at radius 3 is 2.59 bits per heavy atom. The van der Waals surface area contributed by atoms with Crippen molar-refractivity contribution in [3.8, 4) is 5.75 Å². The van der Waals surface area contributed by atoms with Gasteiger partial charge in [-0.2, -0.15) is 4.72 Å². The van der Waals surface area contributed by atoms with E-state index in [1.54, 1.807) is 0 Å². The molecule has 0 radical (unpaired) electrons. The summed E-state index contributed by atoms with van der Waals surface area (Å²) in [4.78, 5) is 0. The van der Waals surface area contributed by atoms with Crippen LogP contribution in [0.5, 0.6) is 5.75 Å². The highest BCUT2D eigenvalue weighted by Gasteiger charge is 2.19. The summed E-state index contributed by atoms with van der Waals surface area (Å²) in [7, 11) is -2.26. The zero-order valence-corrected chi connectivity index (χ0v) is 11.5. The Hall–Kier alpha value is -0.700. The molecule has 0 heterocycles. The minimum atomic E-state index is -3.64. The first-order chi connectivity index (χ1) is 7.74. The lowest BCUT2D eigenvalue weighted by Crippen LogP contribution is -2.27. The first kappa shape index (κ1) is 14.4. The molecule has 17 heavy (non-hydrogen) atoms. The molecule has 0 spiro atoms. The fourth-order valence-electron chi connectivity index (χ4n) is 1.18. The van der Waals surface area contributed by atoms with E-state index in [2.05, 4.69) is 15.9 Å². The third kappa shape index (κ3) is 3.91. The van der Waals surface area contributed by atoms with Crippen molar-refractivity contribution in [1.82, 2.24) is 4.72 Å². The third-order valence-electron chi connectivity index (χ3n) is 1.89. The van der Waals surface area contributed by atoms with Crippen LogP contribution in [0, 0.1) is 5.82 Å². The van der Waals surface area contributed by atoms with Crippen molar-refractivity contribution in [1.29, 1.82) is 0 Å². The maximum absolute atomic E-state index is 13.5.